The number of carbonyl (C=O) groups is 1. The fraction of sp³-hybridized carbons (Fsp3) is 0.562. The molecule has 2 saturated carbocycles. The Bertz CT molecular complexity index is 516. The molecule has 1 amide bonds. The van der Waals surface area contributed by atoms with Gasteiger partial charge in [-0.1, -0.05) is 11.6 Å². The summed E-state index contributed by atoms with van der Waals surface area (Å²) in [6.45, 7) is 1.18. The number of benzene rings is 1. The van der Waals surface area contributed by atoms with Crippen LogP contribution in [0.5, 0.6) is 0 Å². The molecule has 5 heteroatoms. The molecule has 1 aromatic carbocycles. The summed E-state index contributed by atoms with van der Waals surface area (Å²) in [6, 6.07) is 7.74. The summed E-state index contributed by atoms with van der Waals surface area (Å²) in [6.07, 6.45) is 3.50. The van der Waals surface area contributed by atoms with E-state index >= 15 is 0 Å². The second-order valence-corrected chi connectivity index (χ2v) is 7.58. The normalized spacial score (nSPS) is 21.3. The molecule has 1 spiro atoms. The summed E-state index contributed by atoms with van der Waals surface area (Å²) in [5.41, 5.74) is 0.383. The van der Waals surface area contributed by atoms with Gasteiger partial charge in [-0.15, -0.1) is 11.8 Å². The van der Waals surface area contributed by atoms with E-state index in [2.05, 4.69) is 0 Å². The van der Waals surface area contributed by atoms with E-state index in [-0.39, 0.29) is 18.4 Å². The van der Waals surface area contributed by atoms with Crippen molar-refractivity contribution in [2.45, 2.75) is 24.2 Å². The highest BCUT2D eigenvalue weighted by Crippen LogP contribution is 2.70. The van der Waals surface area contributed by atoms with Gasteiger partial charge in [-0.2, -0.15) is 0 Å². The van der Waals surface area contributed by atoms with Crippen LogP contribution >= 0.6 is 23.4 Å². The minimum atomic E-state index is 0.0388. The van der Waals surface area contributed by atoms with Crippen LogP contribution in [0.2, 0.25) is 5.02 Å². The van der Waals surface area contributed by atoms with E-state index in [1.165, 1.54) is 12.8 Å². The first kappa shape index (κ1) is 15.2. The molecule has 21 heavy (non-hydrogen) atoms. The van der Waals surface area contributed by atoms with E-state index < -0.39 is 0 Å². The van der Waals surface area contributed by atoms with Gasteiger partial charge < -0.3 is 10.0 Å². The van der Waals surface area contributed by atoms with Crippen molar-refractivity contribution in [2.24, 2.45) is 11.3 Å². The van der Waals surface area contributed by atoms with Gasteiger partial charge in [0.05, 0.1) is 6.61 Å². The third-order valence-corrected chi connectivity index (χ3v) is 5.75. The molecule has 0 aliphatic heterocycles. The maximum atomic E-state index is 12.4. The number of rotatable bonds is 7. The van der Waals surface area contributed by atoms with Gasteiger partial charge in [-0.3, -0.25) is 4.79 Å². The molecule has 2 aliphatic rings. The number of aliphatic hydroxyl groups excluding tert-OH is 1. The molecule has 1 aromatic rings. The Hall–Kier alpha value is -0.710. The van der Waals surface area contributed by atoms with E-state index in [9.17, 15) is 4.79 Å². The Kier molecular flexibility index (Phi) is 4.48. The summed E-state index contributed by atoms with van der Waals surface area (Å²) in [5, 5.41) is 9.90. The smallest absolute Gasteiger partial charge is 0.226 e. The van der Waals surface area contributed by atoms with Crippen molar-refractivity contribution in [3.05, 3.63) is 29.3 Å². The minimum absolute atomic E-state index is 0.0388. The first-order valence-electron chi connectivity index (χ1n) is 7.43. The first-order valence-corrected chi connectivity index (χ1v) is 8.79. The predicted molar refractivity (Wildman–Crippen MR) is 85.6 cm³/mol. The molecule has 114 valence electrons. The van der Waals surface area contributed by atoms with Crippen LogP contribution in [-0.4, -0.2) is 41.4 Å². The second-order valence-electron chi connectivity index (χ2n) is 5.97. The van der Waals surface area contributed by atoms with E-state index in [4.69, 9.17) is 16.7 Å². The molecular formula is C16H20ClNO2S. The van der Waals surface area contributed by atoms with Crippen molar-refractivity contribution in [3.8, 4) is 0 Å². The van der Waals surface area contributed by atoms with Crippen LogP contribution in [0.25, 0.3) is 0 Å². The van der Waals surface area contributed by atoms with Crippen molar-refractivity contribution < 1.29 is 9.90 Å². The lowest BCUT2D eigenvalue weighted by Gasteiger charge is -2.21. The third-order valence-electron chi connectivity index (χ3n) is 4.51. The van der Waals surface area contributed by atoms with E-state index in [1.54, 1.807) is 11.8 Å². The Morgan fingerprint density at radius 3 is 2.62 bits per heavy atom. The average molecular weight is 326 g/mol. The summed E-state index contributed by atoms with van der Waals surface area (Å²) < 4.78 is 0. The molecule has 1 atom stereocenters. The molecular weight excluding hydrogens is 306 g/mol. The average Bonchev–Trinajstić information content (AvgIpc) is 3.40. The summed E-state index contributed by atoms with van der Waals surface area (Å²) in [5.74, 6) is 1.33. The molecule has 2 aliphatic carbocycles. The van der Waals surface area contributed by atoms with Crippen molar-refractivity contribution in [1.29, 1.82) is 0 Å². The second kappa shape index (κ2) is 6.19. The van der Waals surface area contributed by atoms with E-state index in [0.717, 1.165) is 22.1 Å². The molecule has 1 N–H and O–H groups in total. The number of amides is 1. The largest absolute Gasteiger partial charge is 0.395 e. The highest BCUT2D eigenvalue weighted by Gasteiger charge is 2.66. The van der Waals surface area contributed by atoms with Gasteiger partial charge in [0, 0.05) is 34.7 Å². The molecule has 0 bridgehead atoms. The zero-order chi connectivity index (χ0) is 14.9. The Morgan fingerprint density at radius 1 is 1.33 bits per heavy atom. The molecule has 3 rings (SSSR count). The predicted octanol–water partition coefficient (Wildman–Crippen LogP) is 3.05. The van der Waals surface area contributed by atoms with Gasteiger partial charge >= 0.3 is 0 Å². The Labute approximate surface area is 134 Å². The molecule has 0 heterocycles. The summed E-state index contributed by atoms with van der Waals surface area (Å²) in [7, 11) is 0. The number of nitrogens with zero attached hydrogens (tertiary/aromatic N) is 1. The lowest BCUT2D eigenvalue weighted by Crippen LogP contribution is -2.37. The molecule has 0 radical (unpaired) electrons. The van der Waals surface area contributed by atoms with Crippen LogP contribution in [0.15, 0.2) is 29.2 Å². The van der Waals surface area contributed by atoms with Crippen LogP contribution < -0.4 is 0 Å². The number of halogens is 1. The van der Waals surface area contributed by atoms with Crippen LogP contribution in [0.1, 0.15) is 19.3 Å². The fourth-order valence-corrected chi connectivity index (χ4v) is 3.89. The van der Waals surface area contributed by atoms with Crippen LogP contribution in [-0.2, 0) is 4.79 Å². The minimum Gasteiger partial charge on any atom is -0.395 e. The molecule has 0 unspecified atom stereocenters. The fourth-order valence-electron chi connectivity index (χ4n) is 2.89. The topological polar surface area (TPSA) is 40.5 Å². The number of aliphatic hydroxyl groups is 1. The maximum absolute atomic E-state index is 12.4. The summed E-state index contributed by atoms with van der Waals surface area (Å²) >= 11 is 7.58. The molecule has 0 saturated heterocycles. The summed E-state index contributed by atoms with van der Waals surface area (Å²) in [4.78, 5) is 15.4. The van der Waals surface area contributed by atoms with E-state index in [1.807, 2.05) is 29.2 Å². The number of hydrogen-bond donors (Lipinski definition) is 1. The van der Waals surface area contributed by atoms with Crippen molar-refractivity contribution in [1.82, 2.24) is 4.90 Å². The quantitative estimate of drug-likeness (QED) is 0.783. The standard InChI is InChI=1S/C16H20ClNO2S/c17-12-1-3-13(4-2-12)21-10-8-18(7-9-19)15(20)14-11-16(14)5-6-16/h1-4,14,19H,5-11H2/t14-/m1/s1. The van der Waals surface area contributed by atoms with Crippen LogP contribution in [0.3, 0.4) is 0 Å². The van der Waals surface area contributed by atoms with Gasteiger partial charge in [-0.05, 0) is 48.9 Å². The number of thioether (sulfide) groups is 1. The highest BCUT2D eigenvalue weighted by molar-refractivity contribution is 7.99. The molecule has 2 fully saturated rings. The van der Waals surface area contributed by atoms with Crippen molar-refractivity contribution in [3.63, 3.8) is 0 Å². The lowest BCUT2D eigenvalue weighted by atomic mass is 10.2. The van der Waals surface area contributed by atoms with Gasteiger partial charge in [0.15, 0.2) is 0 Å². The van der Waals surface area contributed by atoms with Crippen LogP contribution in [0.4, 0.5) is 0 Å². The van der Waals surface area contributed by atoms with E-state index in [0.29, 0.717) is 18.5 Å². The van der Waals surface area contributed by atoms with Crippen molar-refractivity contribution >= 4 is 29.3 Å². The van der Waals surface area contributed by atoms with Crippen molar-refractivity contribution in [2.75, 3.05) is 25.4 Å². The Morgan fingerprint density at radius 2 is 2.05 bits per heavy atom. The first-order chi connectivity index (χ1) is 10.1. The maximum Gasteiger partial charge on any atom is 0.226 e. The highest BCUT2D eigenvalue weighted by atomic mass is 35.5. The molecule has 3 nitrogen and oxygen atoms in total. The third kappa shape index (κ3) is 3.55. The van der Waals surface area contributed by atoms with Gasteiger partial charge in [0.25, 0.3) is 0 Å². The lowest BCUT2D eigenvalue weighted by molar-refractivity contribution is -0.133. The molecule has 0 aromatic heterocycles. The zero-order valence-corrected chi connectivity index (χ0v) is 13.5. The monoisotopic (exact) mass is 325 g/mol. The van der Waals surface area contributed by atoms with Gasteiger partial charge in [0.1, 0.15) is 0 Å². The van der Waals surface area contributed by atoms with Crippen LogP contribution in [0, 0.1) is 11.3 Å². The van der Waals surface area contributed by atoms with Gasteiger partial charge in [0.2, 0.25) is 5.91 Å². The SMILES string of the molecule is O=C([C@H]1CC12CC2)N(CCO)CCSc1ccc(Cl)cc1. The number of hydrogen-bond acceptors (Lipinski definition) is 3. The Balaban J connectivity index is 1.48. The number of carbonyl (C=O) groups excluding carboxylic acids is 1. The van der Waals surface area contributed by atoms with Gasteiger partial charge in [-0.25, -0.2) is 0 Å². The zero-order valence-electron chi connectivity index (χ0n) is 11.9.